The molecular formula is C80H119N25O25. The molecule has 0 fully saturated rings. The van der Waals surface area contributed by atoms with Crippen LogP contribution in [0.3, 0.4) is 0 Å². The molecule has 3 aromatic carbocycles. The van der Waals surface area contributed by atoms with Crippen LogP contribution in [0.5, 0.6) is 11.5 Å². The van der Waals surface area contributed by atoms with Crippen LogP contribution in [0.25, 0.3) is 0 Å². The van der Waals surface area contributed by atoms with Crippen molar-refractivity contribution >= 4 is 112 Å². The Hall–Kier alpha value is -14.2. The quantitative estimate of drug-likeness (QED) is 0.0111. The van der Waals surface area contributed by atoms with Crippen molar-refractivity contribution in [2.24, 2.45) is 34.6 Å². The number of amides is 15. The Morgan fingerprint density at radius 3 is 1.18 bits per heavy atom. The lowest BCUT2D eigenvalue weighted by atomic mass is 9.97. The molecule has 16 atom stereocenters. The number of carboxylic acid groups (broad SMARTS) is 2. The zero-order chi connectivity index (χ0) is 96.9. The number of carbonyl (C=O) groups is 17. The highest BCUT2D eigenvalue weighted by molar-refractivity contribution is 6.01. The summed E-state index contributed by atoms with van der Waals surface area (Å²) in [5.74, 6) is -23.1. The van der Waals surface area contributed by atoms with Crippen LogP contribution >= 0.6 is 0 Å². The number of H-pyrrole nitrogens is 1. The highest BCUT2D eigenvalue weighted by Crippen LogP contribution is 2.17. The summed E-state index contributed by atoms with van der Waals surface area (Å²) in [5.41, 5.74) is 29.4. The number of nitrogens with zero attached hydrogens (tertiary/aromatic N) is 1. The number of aromatic amines is 1. The van der Waals surface area contributed by atoms with Crippen molar-refractivity contribution in [3.05, 3.63) is 114 Å². The standard InChI is InChI=1S/C80H119N25O25/c1-4-40(2)63(104-60(112)35-91-67(119)55(32-61(113)114)98-75(127)57(36-106)101-66(118)48(82)31-45-34-88-39-92-45)77(129)99-54(28-42-12-6-5-7-13-42)73(125)105-64(41(3)109)78(130)100-56(33-62(115)116)72(124)103-59(38-108)76(128)97-53(30-44-19-23-47(111)24-20-44)71(123)102-58(37-107)74(126)95-51(16-11-27-90-80(86)87)69(121)96-52(29-43-17-21-46(110)22-18-43)70(122)94-50(15-10-26-89-79(84)85)68(120)93-49(65(83)117)14-8-9-25-81/h5-7,12-13,17-24,34,39-41,48-59,63-64,106-111H,4,8-11,14-16,25-33,35-38,81-82H2,1-3H3,(H2,83,117)(H,88,92)(H,91,119)(H,93,120)(H,94,122)(H,95,126)(H,96,121)(H,97,128)(H,98,127)(H,99,129)(H,100,130)(H,101,118)(H,102,123)(H,103,124)(H,104,112)(H,105,125)(H,113,114)(H,115,116)(H4,84,85,89)(H4,86,87,90)/t40-,41+,48-,49-,50-,51-,52-,53-,54-,55-,56-,57-,58-,59-,63-,64-/m0/s1. The van der Waals surface area contributed by atoms with E-state index in [1.807, 2.05) is 0 Å². The molecule has 0 aliphatic rings. The van der Waals surface area contributed by atoms with Crippen molar-refractivity contribution in [3.63, 3.8) is 0 Å². The van der Waals surface area contributed by atoms with Crippen LogP contribution in [0.15, 0.2) is 91.4 Å². The summed E-state index contributed by atoms with van der Waals surface area (Å²) in [7, 11) is 0. The molecule has 1 aromatic heterocycles. The molecule has 0 saturated heterocycles. The van der Waals surface area contributed by atoms with Gasteiger partial charge in [0.2, 0.25) is 88.6 Å². The van der Waals surface area contributed by atoms with Gasteiger partial charge in [-0.05, 0) is 105 Å². The number of aliphatic hydroxyl groups is 4. The maximum atomic E-state index is 14.7. The van der Waals surface area contributed by atoms with Gasteiger partial charge in [-0.1, -0.05) is 74.9 Å². The summed E-state index contributed by atoms with van der Waals surface area (Å²) in [4.78, 5) is 241. The van der Waals surface area contributed by atoms with Gasteiger partial charge in [0.1, 0.15) is 90.0 Å². The number of aliphatic carboxylic acids is 2. The molecule has 50 nitrogen and oxygen atoms in total. The Morgan fingerprint density at radius 2 is 0.777 bits per heavy atom. The lowest BCUT2D eigenvalue weighted by Gasteiger charge is -2.29. The Bertz CT molecular complexity index is 4480. The van der Waals surface area contributed by atoms with Crippen LogP contribution in [0.1, 0.15) is 107 Å². The van der Waals surface area contributed by atoms with Gasteiger partial charge in [0.05, 0.1) is 63.4 Å². The summed E-state index contributed by atoms with van der Waals surface area (Å²) >= 11 is 0. The first-order valence-electron chi connectivity index (χ1n) is 41.2. The smallest absolute Gasteiger partial charge is 0.305 e. The van der Waals surface area contributed by atoms with Gasteiger partial charge < -0.3 is 160 Å². The van der Waals surface area contributed by atoms with Gasteiger partial charge in [-0.2, -0.15) is 0 Å². The molecule has 0 bridgehead atoms. The Morgan fingerprint density at radius 1 is 0.415 bits per heavy atom. The minimum absolute atomic E-state index is 0.0337. The number of phenols is 2. The molecule has 0 saturated carbocycles. The molecule has 714 valence electrons. The molecule has 50 heteroatoms. The fourth-order valence-electron chi connectivity index (χ4n) is 12.5. The van der Waals surface area contributed by atoms with Gasteiger partial charge >= 0.3 is 11.9 Å². The number of hydrogen-bond acceptors (Lipinski definition) is 28. The predicted octanol–water partition coefficient (Wildman–Crippen LogP) is -10.7. The zero-order valence-electron chi connectivity index (χ0n) is 71.6. The number of unbranched alkanes of at least 4 members (excludes halogenated alkanes) is 1. The molecule has 4 aromatic rings. The minimum Gasteiger partial charge on any atom is -0.508 e. The molecule has 0 unspecified atom stereocenters. The number of hydrogen-bond donors (Lipinski definition) is 32. The Balaban J connectivity index is 1.58. The van der Waals surface area contributed by atoms with Crippen molar-refractivity contribution in [1.82, 2.24) is 95.0 Å². The normalized spacial score (nSPS) is 14.7. The Kier molecular flexibility index (Phi) is 46.6. The van der Waals surface area contributed by atoms with E-state index < -0.39 is 255 Å². The van der Waals surface area contributed by atoms with E-state index in [9.17, 15) is 122 Å². The lowest BCUT2D eigenvalue weighted by molar-refractivity contribution is -0.142. The van der Waals surface area contributed by atoms with Gasteiger partial charge in [-0.25, -0.2) is 4.98 Å². The SMILES string of the molecule is CC[C@H](C)[C@H](NC(=O)CNC(=O)[C@H](CC(=O)O)NC(=O)[C@H](CO)NC(=O)[C@@H](N)Cc1c[nH]cn1)C(=O)N[C@@H](Cc1ccccc1)C(=O)N[C@H](C(=O)N[C@@H](CC(=O)O)C(=O)N[C@@H](CO)C(=O)N[C@@H](Cc1ccc(O)cc1)C(=O)N[C@@H](CO)C(=O)N[C@@H](CCCNC(=N)N)C(=O)N[C@@H](Cc1ccc(O)cc1)C(=O)N[C@@H](CCCNC(=N)N)C(=O)N[C@@H](CCCCN)C(N)=O)[C@@H](C)O. The van der Waals surface area contributed by atoms with Gasteiger partial charge in [0, 0.05) is 45.0 Å². The summed E-state index contributed by atoms with van der Waals surface area (Å²) in [6.07, 6.45) is -2.26. The molecule has 1 heterocycles. The van der Waals surface area contributed by atoms with Gasteiger partial charge in [0.25, 0.3) is 0 Å². The third-order valence-electron chi connectivity index (χ3n) is 19.9. The van der Waals surface area contributed by atoms with Crippen LogP contribution in [-0.2, 0) is 107 Å². The number of guanidine groups is 2. The van der Waals surface area contributed by atoms with Crippen molar-refractivity contribution in [1.29, 1.82) is 10.8 Å². The molecular weight excluding hydrogens is 1710 g/mol. The first-order valence-corrected chi connectivity index (χ1v) is 41.2. The van der Waals surface area contributed by atoms with Crippen molar-refractivity contribution < 1.29 is 122 Å². The van der Waals surface area contributed by atoms with Crippen LogP contribution in [0, 0.1) is 16.7 Å². The van der Waals surface area contributed by atoms with Gasteiger partial charge in [-0.3, -0.25) is 92.3 Å². The number of carboxylic acids is 2. The average Bonchev–Trinajstić information content (AvgIpc) is 1.16. The topological polar surface area (TPSA) is 851 Å². The van der Waals surface area contributed by atoms with E-state index in [1.165, 1.54) is 80.1 Å². The predicted molar refractivity (Wildman–Crippen MR) is 459 cm³/mol. The molecule has 4 rings (SSSR count). The fraction of sp³-hybridized carbons (Fsp3) is 0.500. The molecule has 15 amide bonds. The number of aromatic nitrogens is 2. The first kappa shape index (κ1) is 108. The number of carbonyl (C=O) groups excluding carboxylic acids is 15. The number of phenolic OH excluding ortho intramolecular Hbond substituents is 2. The zero-order valence-corrected chi connectivity index (χ0v) is 71.6. The lowest BCUT2D eigenvalue weighted by Crippen LogP contribution is -2.63. The fourth-order valence-corrected chi connectivity index (χ4v) is 12.5. The summed E-state index contributed by atoms with van der Waals surface area (Å²) in [6, 6.07) is -6.55. The highest BCUT2D eigenvalue weighted by atomic mass is 16.4. The van der Waals surface area contributed by atoms with Crippen LogP contribution in [0.4, 0.5) is 0 Å². The number of aromatic hydroxyl groups is 2. The van der Waals surface area contributed by atoms with E-state index in [1.54, 1.807) is 25.1 Å². The second-order valence-electron chi connectivity index (χ2n) is 30.2. The second-order valence-corrected chi connectivity index (χ2v) is 30.2. The number of nitrogens with one attached hydrogen (secondary N) is 19. The molecule has 130 heavy (non-hydrogen) atoms. The maximum absolute atomic E-state index is 14.7. The number of nitrogens with two attached hydrogens (primary N) is 5. The maximum Gasteiger partial charge on any atom is 0.305 e. The van der Waals surface area contributed by atoms with Crippen molar-refractivity contribution in [2.45, 2.75) is 201 Å². The average molecular weight is 1830 g/mol. The van der Waals surface area contributed by atoms with E-state index in [2.05, 4.69) is 95.0 Å². The van der Waals surface area contributed by atoms with Gasteiger partial charge in [0.15, 0.2) is 11.9 Å². The van der Waals surface area contributed by atoms with E-state index in [4.69, 9.17) is 39.5 Å². The van der Waals surface area contributed by atoms with Crippen LogP contribution in [0.2, 0.25) is 0 Å². The third-order valence-corrected chi connectivity index (χ3v) is 19.9. The van der Waals surface area contributed by atoms with E-state index in [0.717, 1.165) is 6.92 Å². The van der Waals surface area contributed by atoms with Crippen molar-refractivity contribution in [3.8, 4) is 11.5 Å². The minimum atomic E-state index is -2.25. The van der Waals surface area contributed by atoms with Crippen LogP contribution in [-0.4, -0.2) is 300 Å². The number of aliphatic hydroxyl groups excluding tert-OH is 4. The molecule has 0 aliphatic carbocycles. The second kappa shape index (κ2) is 56.1. The summed E-state index contributed by atoms with van der Waals surface area (Å²) < 4.78 is 0. The number of benzene rings is 3. The van der Waals surface area contributed by atoms with Gasteiger partial charge in [-0.15, -0.1) is 0 Å². The van der Waals surface area contributed by atoms with E-state index in [0.29, 0.717) is 29.7 Å². The number of primary amides is 1. The monoisotopic (exact) mass is 1830 g/mol. The van der Waals surface area contributed by atoms with E-state index in [-0.39, 0.29) is 94.5 Å². The first-order chi connectivity index (χ1) is 61.6. The number of imidazole rings is 1. The Labute approximate surface area is 745 Å². The van der Waals surface area contributed by atoms with Crippen molar-refractivity contribution in [2.75, 3.05) is 46.0 Å². The summed E-state index contributed by atoms with van der Waals surface area (Å²) in [5, 5.41) is 135. The highest BCUT2D eigenvalue weighted by Gasteiger charge is 2.40. The summed E-state index contributed by atoms with van der Waals surface area (Å²) in [6.45, 7) is -0.267. The molecule has 0 radical (unpaired) electrons. The van der Waals surface area contributed by atoms with Crippen LogP contribution < -0.4 is 114 Å². The molecule has 37 N–H and O–H groups in total. The van der Waals surface area contributed by atoms with E-state index >= 15 is 0 Å². The molecule has 0 spiro atoms. The third kappa shape index (κ3) is 38.9. The number of rotatable bonds is 59. The molecule has 0 aliphatic heterocycles. The largest absolute Gasteiger partial charge is 0.508 e.